The number of benzene rings is 1. The average Bonchev–Trinajstić information content (AvgIpc) is 2.80. The van der Waals surface area contributed by atoms with Gasteiger partial charge >= 0.3 is 0 Å². The Morgan fingerprint density at radius 3 is 2.74 bits per heavy atom. The highest BCUT2D eigenvalue weighted by atomic mass is 35.5. The van der Waals surface area contributed by atoms with Crippen LogP contribution in [0.2, 0.25) is 5.02 Å². The minimum absolute atomic E-state index is 0.0170. The summed E-state index contributed by atoms with van der Waals surface area (Å²) in [6.07, 6.45) is 2.02. The maximum absolute atomic E-state index is 11.4. The first-order chi connectivity index (χ1) is 9.17. The Balaban J connectivity index is 1.97. The van der Waals surface area contributed by atoms with Crippen LogP contribution in [0.5, 0.6) is 0 Å². The molecule has 0 unspecified atom stereocenters. The van der Waals surface area contributed by atoms with E-state index in [0.29, 0.717) is 23.0 Å². The minimum atomic E-state index is -0.0170. The standard InChI is InChI=1S/C13H14ClN3OS/c1-2-3-11(18)15-13-17-16-12(19-13)8-9-4-6-10(14)7-5-9/h4-7H,2-3,8H2,1H3,(H,15,17,18). The van der Waals surface area contributed by atoms with Gasteiger partial charge in [0.2, 0.25) is 11.0 Å². The number of nitrogens with zero attached hydrogens (tertiary/aromatic N) is 2. The largest absolute Gasteiger partial charge is 0.301 e. The molecule has 2 aromatic rings. The van der Waals surface area contributed by atoms with Gasteiger partial charge in [0.25, 0.3) is 0 Å². The zero-order valence-electron chi connectivity index (χ0n) is 10.5. The lowest BCUT2D eigenvalue weighted by Gasteiger charge is -1.98. The fraction of sp³-hybridized carbons (Fsp3) is 0.308. The van der Waals surface area contributed by atoms with E-state index in [9.17, 15) is 4.79 Å². The molecule has 1 aromatic carbocycles. The first-order valence-electron chi connectivity index (χ1n) is 6.04. The van der Waals surface area contributed by atoms with Gasteiger partial charge in [0.05, 0.1) is 0 Å². The topological polar surface area (TPSA) is 54.9 Å². The molecular weight excluding hydrogens is 282 g/mol. The predicted octanol–water partition coefficient (Wildman–Crippen LogP) is 3.52. The summed E-state index contributed by atoms with van der Waals surface area (Å²) in [6, 6.07) is 7.61. The normalized spacial score (nSPS) is 10.4. The highest BCUT2D eigenvalue weighted by molar-refractivity contribution is 7.15. The van der Waals surface area contributed by atoms with Crippen LogP contribution in [-0.4, -0.2) is 16.1 Å². The Kier molecular flexibility index (Phi) is 4.87. The maximum atomic E-state index is 11.4. The fourth-order valence-electron chi connectivity index (χ4n) is 1.56. The average molecular weight is 296 g/mol. The highest BCUT2D eigenvalue weighted by Crippen LogP contribution is 2.19. The molecular formula is C13H14ClN3OS. The van der Waals surface area contributed by atoms with Crippen molar-refractivity contribution in [1.82, 2.24) is 10.2 Å². The van der Waals surface area contributed by atoms with Gasteiger partial charge in [0.15, 0.2) is 0 Å². The maximum Gasteiger partial charge on any atom is 0.226 e. The van der Waals surface area contributed by atoms with E-state index in [0.717, 1.165) is 17.0 Å². The van der Waals surface area contributed by atoms with Crippen molar-refractivity contribution in [2.75, 3.05) is 5.32 Å². The number of carbonyl (C=O) groups excluding carboxylic acids is 1. The van der Waals surface area contributed by atoms with E-state index in [1.165, 1.54) is 11.3 Å². The van der Waals surface area contributed by atoms with Gasteiger partial charge in [-0.05, 0) is 24.1 Å². The van der Waals surface area contributed by atoms with E-state index in [4.69, 9.17) is 11.6 Å². The summed E-state index contributed by atoms with van der Waals surface area (Å²) in [5.41, 5.74) is 1.12. The van der Waals surface area contributed by atoms with Crippen molar-refractivity contribution in [1.29, 1.82) is 0 Å². The van der Waals surface area contributed by atoms with Crippen molar-refractivity contribution in [3.8, 4) is 0 Å². The zero-order chi connectivity index (χ0) is 13.7. The van der Waals surface area contributed by atoms with Crippen molar-refractivity contribution in [3.63, 3.8) is 0 Å². The number of nitrogens with one attached hydrogen (secondary N) is 1. The summed E-state index contributed by atoms with van der Waals surface area (Å²) < 4.78 is 0. The lowest BCUT2D eigenvalue weighted by molar-refractivity contribution is -0.116. The number of rotatable bonds is 5. The number of hydrogen-bond donors (Lipinski definition) is 1. The van der Waals surface area contributed by atoms with Gasteiger partial charge in [0.1, 0.15) is 5.01 Å². The van der Waals surface area contributed by atoms with Crippen LogP contribution in [0, 0.1) is 0 Å². The van der Waals surface area contributed by atoms with Crippen molar-refractivity contribution in [3.05, 3.63) is 39.9 Å². The van der Waals surface area contributed by atoms with Gasteiger partial charge in [-0.25, -0.2) is 0 Å². The second-order valence-electron chi connectivity index (χ2n) is 4.10. The number of aromatic nitrogens is 2. The first-order valence-corrected chi connectivity index (χ1v) is 7.23. The van der Waals surface area contributed by atoms with Crippen molar-refractivity contribution < 1.29 is 4.79 Å². The van der Waals surface area contributed by atoms with Crippen LogP contribution < -0.4 is 5.32 Å². The quantitative estimate of drug-likeness (QED) is 0.918. The predicted molar refractivity (Wildman–Crippen MR) is 77.7 cm³/mol. The van der Waals surface area contributed by atoms with Crippen LogP contribution in [-0.2, 0) is 11.2 Å². The van der Waals surface area contributed by atoms with Gasteiger partial charge in [-0.3, -0.25) is 4.79 Å². The third-order valence-electron chi connectivity index (χ3n) is 2.46. The Bertz CT molecular complexity index is 553. The lowest BCUT2D eigenvalue weighted by Crippen LogP contribution is -2.10. The van der Waals surface area contributed by atoms with Crippen molar-refractivity contribution in [2.24, 2.45) is 0 Å². The fourth-order valence-corrected chi connectivity index (χ4v) is 2.48. The molecule has 1 N–H and O–H groups in total. The number of halogens is 1. The monoisotopic (exact) mass is 295 g/mol. The first kappa shape index (κ1) is 14.0. The molecule has 0 saturated heterocycles. The summed E-state index contributed by atoms with van der Waals surface area (Å²) in [4.78, 5) is 11.4. The molecule has 0 fully saturated rings. The van der Waals surface area contributed by atoms with E-state index in [1.807, 2.05) is 31.2 Å². The number of anilines is 1. The summed E-state index contributed by atoms with van der Waals surface area (Å²) in [5, 5.41) is 12.9. The summed E-state index contributed by atoms with van der Waals surface area (Å²) in [5.74, 6) is -0.0170. The molecule has 1 heterocycles. The van der Waals surface area contributed by atoms with Gasteiger partial charge in [-0.15, -0.1) is 10.2 Å². The molecule has 4 nitrogen and oxygen atoms in total. The van der Waals surface area contributed by atoms with Gasteiger partial charge in [-0.2, -0.15) is 0 Å². The smallest absolute Gasteiger partial charge is 0.226 e. The number of hydrogen-bond acceptors (Lipinski definition) is 4. The Morgan fingerprint density at radius 2 is 2.05 bits per heavy atom. The molecule has 0 radical (unpaired) electrons. The molecule has 0 saturated carbocycles. The van der Waals surface area contributed by atoms with Crippen LogP contribution in [0.4, 0.5) is 5.13 Å². The molecule has 1 aromatic heterocycles. The van der Waals surface area contributed by atoms with Crippen LogP contribution >= 0.6 is 22.9 Å². The Labute approximate surface area is 120 Å². The van der Waals surface area contributed by atoms with E-state index in [2.05, 4.69) is 15.5 Å². The third-order valence-corrected chi connectivity index (χ3v) is 3.55. The van der Waals surface area contributed by atoms with Gasteiger partial charge in [-0.1, -0.05) is 42.0 Å². The molecule has 2 rings (SSSR count). The van der Waals surface area contributed by atoms with E-state index in [-0.39, 0.29) is 5.91 Å². The van der Waals surface area contributed by atoms with E-state index in [1.54, 1.807) is 0 Å². The summed E-state index contributed by atoms with van der Waals surface area (Å²) >= 11 is 7.23. The molecule has 0 aliphatic carbocycles. The molecule has 0 spiro atoms. The Hall–Kier alpha value is -1.46. The molecule has 0 bridgehead atoms. The van der Waals surface area contributed by atoms with Crippen molar-refractivity contribution >= 4 is 34.0 Å². The zero-order valence-corrected chi connectivity index (χ0v) is 12.1. The Morgan fingerprint density at radius 1 is 1.32 bits per heavy atom. The number of amides is 1. The van der Waals surface area contributed by atoms with Crippen molar-refractivity contribution in [2.45, 2.75) is 26.2 Å². The third kappa shape index (κ3) is 4.29. The molecule has 100 valence electrons. The highest BCUT2D eigenvalue weighted by Gasteiger charge is 2.08. The molecule has 0 aliphatic rings. The minimum Gasteiger partial charge on any atom is -0.301 e. The van der Waals surface area contributed by atoms with Gasteiger partial charge < -0.3 is 5.32 Å². The summed E-state index contributed by atoms with van der Waals surface area (Å²) in [6.45, 7) is 1.96. The second kappa shape index (κ2) is 6.63. The van der Waals surface area contributed by atoms with E-state index < -0.39 is 0 Å². The molecule has 6 heteroatoms. The molecule has 1 amide bonds. The molecule has 0 atom stereocenters. The molecule has 0 aliphatic heterocycles. The van der Waals surface area contributed by atoms with Crippen LogP contribution in [0.1, 0.15) is 30.3 Å². The van der Waals surface area contributed by atoms with Gasteiger partial charge in [0, 0.05) is 17.9 Å². The van der Waals surface area contributed by atoms with Crippen LogP contribution in [0.15, 0.2) is 24.3 Å². The van der Waals surface area contributed by atoms with Crippen LogP contribution in [0.25, 0.3) is 0 Å². The summed E-state index contributed by atoms with van der Waals surface area (Å²) in [7, 11) is 0. The molecule has 19 heavy (non-hydrogen) atoms. The van der Waals surface area contributed by atoms with Crippen LogP contribution in [0.3, 0.4) is 0 Å². The second-order valence-corrected chi connectivity index (χ2v) is 5.60. The number of carbonyl (C=O) groups is 1. The lowest BCUT2D eigenvalue weighted by atomic mass is 10.2. The van der Waals surface area contributed by atoms with E-state index >= 15 is 0 Å². The SMILES string of the molecule is CCCC(=O)Nc1nnc(Cc2ccc(Cl)cc2)s1.